The van der Waals surface area contributed by atoms with Crippen molar-refractivity contribution in [2.75, 3.05) is 13.6 Å². The van der Waals surface area contributed by atoms with Crippen LogP contribution < -0.4 is 5.32 Å². The summed E-state index contributed by atoms with van der Waals surface area (Å²) < 4.78 is 0. The Kier molecular flexibility index (Phi) is 2.91. The third kappa shape index (κ3) is 1.81. The van der Waals surface area contributed by atoms with Crippen molar-refractivity contribution < 1.29 is 9.59 Å². The van der Waals surface area contributed by atoms with E-state index in [1.807, 2.05) is 0 Å². The first-order chi connectivity index (χ1) is 6.20. The minimum atomic E-state index is -0.307. The molecule has 0 spiro atoms. The van der Waals surface area contributed by atoms with Gasteiger partial charge in [-0.15, -0.1) is 0 Å². The molecule has 1 rings (SSSR count). The molecule has 4 nitrogen and oxygen atoms in total. The highest BCUT2D eigenvalue weighted by atomic mass is 16.2. The van der Waals surface area contributed by atoms with Crippen LogP contribution in [0.5, 0.6) is 0 Å². The monoisotopic (exact) mass is 180 g/mol. The molecule has 1 unspecified atom stereocenters. The summed E-state index contributed by atoms with van der Waals surface area (Å²) in [4.78, 5) is 23.9. The van der Waals surface area contributed by atoms with Gasteiger partial charge in [0, 0.05) is 13.6 Å². The van der Waals surface area contributed by atoms with Crippen LogP contribution in [-0.2, 0) is 9.59 Å². The van der Waals surface area contributed by atoms with E-state index >= 15 is 0 Å². The Morgan fingerprint density at radius 2 is 2.23 bits per heavy atom. The van der Waals surface area contributed by atoms with Gasteiger partial charge in [-0.2, -0.15) is 0 Å². The van der Waals surface area contributed by atoms with Gasteiger partial charge in [-0.05, 0) is 19.3 Å². The van der Waals surface area contributed by atoms with Crippen LogP contribution in [0.15, 0.2) is 0 Å². The van der Waals surface area contributed by atoms with Gasteiger partial charge >= 0.3 is 0 Å². The molecule has 0 aromatic carbocycles. The van der Waals surface area contributed by atoms with Crippen molar-refractivity contribution in [3.8, 4) is 11.8 Å². The maximum Gasteiger partial charge on any atom is 0.299 e. The van der Waals surface area contributed by atoms with Crippen LogP contribution >= 0.6 is 0 Å². The van der Waals surface area contributed by atoms with E-state index < -0.39 is 0 Å². The first-order valence-corrected chi connectivity index (χ1v) is 4.15. The summed E-state index contributed by atoms with van der Waals surface area (Å²) in [7, 11) is 1.56. The summed E-state index contributed by atoms with van der Waals surface area (Å²) in [5.41, 5.74) is 0. The van der Waals surface area contributed by atoms with E-state index in [0.717, 1.165) is 6.42 Å². The quantitative estimate of drug-likeness (QED) is 0.545. The van der Waals surface area contributed by atoms with E-state index in [1.54, 1.807) is 14.0 Å². The largest absolute Gasteiger partial charge is 0.357 e. The molecule has 0 aliphatic carbocycles. The molecular formula is C9H12N2O2. The fraction of sp³-hybridized carbons (Fsp3) is 0.556. The summed E-state index contributed by atoms with van der Waals surface area (Å²) in [6.45, 7) is 2.23. The molecule has 13 heavy (non-hydrogen) atoms. The van der Waals surface area contributed by atoms with E-state index in [2.05, 4.69) is 17.2 Å². The van der Waals surface area contributed by atoms with Gasteiger partial charge in [0.05, 0.1) is 0 Å². The molecule has 70 valence electrons. The van der Waals surface area contributed by atoms with E-state index in [0.29, 0.717) is 6.54 Å². The van der Waals surface area contributed by atoms with Gasteiger partial charge in [0.2, 0.25) is 5.91 Å². The molecule has 1 heterocycles. The van der Waals surface area contributed by atoms with Crippen molar-refractivity contribution in [3.63, 3.8) is 0 Å². The van der Waals surface area contributed by atoms with Crippen LogP contribution in [0, 0.1) is 11.8 Å². The number of likely N-dealkylation sites (N-methyl/N-ethyl adjacent to an activating group) is 1. The van der Waals surface area contributed by atoms with E-state index in [4.69, 9.17) is 0 Å². The molecule has 0 saturated carbocycles. The second-order valence-electron chi connectivity index (χ2n) is 2.79. The zero-order valence-corrected chi connectivity index (χ0v) is 7.76. The summed E-state index contributed by atoms with van der Waals surface area (Å²) in [6.07, 6.45) is 0.733. The molecular weight excluding hydrogens is 168 g/mol. The van der Waals surface area contributed by atoms with Gasteiger partial charge in [0.25, 0.3) is 5.91 Å². The standard InChI is InChI=1S/C9H12N2O2/c1-3-4-8(12)11-6-5-7(11)9(13)10-2/h7H,5-6H2,1-2H3,(H,10,13). The van der Waals surface area contributed by atoms with Crippen molar-refractivity contribution in [2.24, 2.45) is 0 Å². The van der Waals surface area contributed by atoms with Crippen LogP contribution in [0.25, 0.3) is 0 Å². The van der Waals surface area contributed by atoms with E-state index in [-0.39, 0.29) is 17.9 Å². The number of rotatable bonds is 1. The zero-order chi connectivity index (χ0) is 9.84. The number of hydrogen-bond acceptors (Lipinski definition) is 2. The van der Waals surface area contributed by atoms with Gasteiger partial charge in [-0.1, -0.05) is 5.92 Å². The average molecular weight is 180 g/mol. The van der Waals surface area contributed by atoms with Gasteiger partial charge in [-0.25, -0.2) is 0 Å². The Balaban J connectivity index is 2.57. The second-order valence-corrected chi connectivity index (χ2v) is 2.79. The molecule has 0 radical (unpaired) electrons. The molecule has 1 N–H and O–H groups in total. The molecule has 1 aliphatic rings. The van der Waals surface area contributed by atoms with Crippen LogP contribution in [0.4, 0.5) is 0 Å². The van der Waals surface area contributed by atoms with Crippen LogP contribution in [0.3, 0.4) is 0 Å². The van der Waals surface area contributed by atoms with Gasteiger partial charge in [0.15, 0.2) is 0 Å². The number of carbonyl (C=O) groups is 2. The van der Waals surface area contributed by atoms with Crippen molar-refractivity contribution in [1.29, 1.82) is 0 Å². The maximum absolute atomic E-state index is 11.2. The van der Waals surface area contributed by atoms with Gasteiger partial charge in [0.1, 0.15) is 6.04 Å². The maximum atomic E-state index is 11.2. The molecule has 0 aromatic heterocycles. The highest BCUT2D eigenvalue weighted by molar-refractivity contribution is 5.98. The normalized spacial score (nSPS) is 19.5. The molecule has 0 aromatic rings. The molecule has 1 atom stereocenters. The van der Waals surface area contributed by atoms with Gasteiger partial charge in [-0.3, -0.25) is 9.59 Å². The topological polar surface area (TPSA) is 49.4 Å². The van der Waals surface area contributed by atoms with Crippen LogP contribution in [-0.4, -0.2) is 36.3 Å². The highest BCUT2D eigenvalue weighted by Crippen LogP contribution is 2.16. The molecule has 1 aliphatic heterocycles. The molecule has 4 heteroatoms. The summed E-state index contributed by atoms with van der Waals surface area (Å²) >= 11 is 0. The molecule has 0 bridgehead atoms. The fourth-order valence-electron chi connectivity index (χ4n) is 1.25. The van der Waals surface area contributed by atoms with Crippen molar-refractivity contribution in [2.45, 2.75) is 19.4 Å². The third-order valence-electron chi connectivity index (χ3n) is 2.06. The minimum absolute atomic E-state index is 0.113. The predicted molar refractivity (Wildman–Crippen MR) is 47.6 cm³/mol. The molecule has 2 amide bonds. The van der Waals surface area contributed by atoms with Crippen LogP contribution in [0.1, 0.15) is 13.3 Å². The lowest BCUT2D eigenvalue weighted by Crippen LogP contribution is -2.57. The Morgan fingerprint density at radius 1 is 1.54 bits per heavy atom. The highest BCUT2D eigenvalue weighted by Gasteiger charge is 2.36. The number of carbonyl (C=O) groups excluding carboxylic acids is 2. The lowest BCUT2D eigenvalue weighted by atomic mass is 10.0. The number of amides is 2. The smallest absolute Gasteiger partial charge is 0.299 e. The van der Waals surface area contributed by atoms with Crippen molar-refractivity contribution in [1.82, 2.24) is 10.2 Å². The predicted octanol–water partition coefficient (Wildman–Crippen LogP) is -0.643. The number of nitrogens with zero attached hydrogens (tertiary/aromatic N) is 1. The van der Waals surface area contributed by atoms with E-state index in [9.17, 15) is 9.59 Å². The number of hydrogen-bond donors (Lipinski definition) is 1. The molecule has 1 saturated heterocycles. The third-order valence-corrected chi connectivity index (χ3v) is 2.06. The molecule has 1 fully saturated rings. The van der Waals surface area contributed by atoms with Crippen LogP contribution in [0.2, 0.25) is 0 Å². The summed E-state index contributed by atoms with van der Waals surface area (Å²) in [5, 5.41) is 2.51. The van der Waals surface area contributed by atoms with Gasteiger partial charge < -0.3 is 10.2 Å². The number of likely N-dealkylation sites (tertiary alicyclic amines) is 1. The lowest BCUT2D eigenvalue weighted by molar-refractivity contribution is -0.142. The Morgan fingerprint density at radius 3 is 2.62 bits per heavy atom. The van der Waals surface area contributed by atoms with Crippen molar-refractivity contribution in [3.05, 3.63) is 0 Å². The second kappa shape index (κ2) is 3.94. The minimum Gasteiger partial charge on any atom is -0.357 e. The Bertz CT molecular complexity index is 288. The SMILES string of the molecule is CC#CC(=O)N1CCC1C(=O)NC. The fourth-order valence-corrected chi connectivity index (χ4v) is 1.25. The average Bonchev–Trinajstić information content (AvgIpc) is 2.02. The summed E-state index contributed by atoms with van der Waals surface area (Å²) in [5.74, 6) is 4.56. The number of nitrogens with one attached hydrogen (secondary N) is 1. The first-order valence-electron chi connectivity index (χ1n) is 4.15. The Hall–Kier alpha value is -1.50. The zero-order valence-electron chi connectivity index (χ0n) is 7.76. The summed E-state index contributed by atoms with van der Waals surface area (Å²) in [6, 6.07) is -0.307. The van der Waals surface area contributed by atoms with Crippen molar-refractivity contribution >= 4 is 11.8 Å². The Labute approximate surface area is 77.3 Å². The first kappa shape index (κ1) is 9.59. The lowest BCUT2D eigenvalue weighted by Gasteiger charge is -2.37. The van der Waals surface area contributed by atoms with E-state index in [1.165, 1.54) is 4.90 Å².